The minimum Gasteiger partial charge on any atom is -0.469 e. The number of esters is 4. The molecule has 0 aliphatic rings. The fourth-order valence-electron chi connectivity index (χ4n) is 3.96. The van der Waals surface area contributed by atoms with Crippen molar-refractivity contribution >= 4 is 23.9 Å². The van der Waals surface area contributed by atoms with Gasteiger partial charge in [0.25, 0.3) is 5.41 Å². The molecule has 0 saturated heterocycles. The van der Waals surface area contributed by atoms with Gasteiger partial charge in [0, 0.05) is 6.42 Å². The molecule has 0 spiro atoms. The van der Waals surface area contributed by atoms with E-state index in [1.807, 2.05) is 0 Å². The maximum atomic E-state index is 12.2. The predicted octanol–water partition coefficient (Wildman–Crippen LogP) is 4.91. The number of unbranched alkanes of at least 4 members (excludes halogenated alkanes) is 13. The number of hydrogen-bond acceptors (Lipinski definition) is 8. The fourth-order valence-corrected chi connectivity index (χ4v) is 3.96. The van der Waals surface area contributed by atoms with E-state index in [2.05, 4.69) is 4.74 Å². The summed E-state index contributed by atoms with van der Waals surface area (Å²) in [4.78, 5) is 47.6. The zero-order valence-electron chi connectivity index (χ0n) is 21.1. The van der Waals surface area contributed by atoms with Crippen molar-refractivity contribution in [1.29, 1.82) is 0 Å². The largest absolute Gasteiger partial charge is 0.469 e. The Labute approximate surface area is 199 Å². The lowest BCUT2D eigenvalue weighted by Crippen LogP contribution is -2.48. The van der Waals surface area contributed by atoms with Crippen LogP contribution in [0, 0.1) is 5.41 Å². The van der Waals surface area contributed by atoms with Gasteiger partial charge >= 0.3 is 23.9 Å². The molecule has 0 saturated carbocycles. The van der Waals surface area contributed by atoms with Crippen molar-refractivity contribution in [2.75, 3.05) is 28.4 Å². The van der Waals surface area contributed by atoms with E-state index in [-0.39, 0.29) is 12.4 Å². The number of ether oxygens (including phenoxy) is 4. The Morgan fingerprint density at radius 2 is 0.758 bits per heavy atom. The highest BCUT2D eigenvalue weighted by molar-refractivity contribution is 6.17. The van der Waals surface area contributed by atoms with Crippen LogP contribution in [-0.4, -0.2) is 52.3 Å². The molecule has 0 aromatic heterocycles. The molecule has 0 fully saturated rings. The van der Waals surface area contributed by atoms with Crippen LogP contribution in [0.5, 0.6) is 0 Å². The average molecular weight is 473 g/mol. The van der Waals surface area contributed by atoms with Gasteiger partial charge in [-0.15, -0.1) is 0 Å². The minimum absolute atomic E-state index is 0.0156. The zero-order chi connectivity index (χ0) is 25.0. The van der Waals surface area contributed by atoms with Crippen LogP contribution in [-0.2, 0) is 38.1 Å². The van der Waals surface area contributed by atoms with Gasteiger partial charge in [-0.3, -0.25) is 19.2 Å². The van der Waals surface area contributed by atoms with Crippen molar-refractivity contribution in [2.45, 2.75) is 103 Å². The van der Waals surface area contributed by atoms with E-state index in [9.17, 15) is 19.2 Å². The number of carbonyl (C=O) groups is 4. The molecule has 0 unspecified atom stereocenters. The van der Waals surface area contributed by atoms with E-state index in [1.165, 1.54) is 52.1 Å². The summed E-state index contributed by atoms with van der Waals surface area (Å²) in [5, 5.41) is 0. The van der Waals surface area contributed by atoms with Crippen LogP contribution in [0.15, 0.2) is 0 Å². The molecule has 0 aromatic carbocycles. The van der Waals surface area contributed by atoms with Crippen molar-refractivity contribution in [3.05, 3.63) is 0 Å². The Morgan fingerprint density at radius 3 is 1.06 bits per heavy atom. The number of hydrogen-bond donors (Lipinski definition) is 0. The van der Waals surface area contributed by atoms with E-state index in [0.717, 1.165) is 59.9 Å². The molecule has 0 rings (SSSR count). The minimum atomic E-state index is -2.04. The van der Waals surface area contributed by atoms with Crippen molar-refractivity contribution in [1.82, 2.24) is 0 Å². The van der Waals surface area contributed by atoms with Crippen molar-refractivity contribution in [2.24, 2.45) is 5.41 Å². The van der Waals surface area contributed by atoms with Gasteiger partial charge in [0.2, 0.25) is 0 Å². The summed E-state index contributed by atoms with van der Waals surface area (Å²) in [5.41, 5.74) is -2.04. The van der Waals surface area contributed by atoms with Gasteiger partial charge in [-0.05, 0) is 12.8 Å². The Kier molecular flexibility index (Phi) is 18.1. The van der Waals surface area contributed by atoms with Crippen LogP contribution < -0.4 is 0 Å². The van der Waals surface area contributed by atoms with E-state index in [1.54, 1.807) is 0 Å². The second kappa shape index (κ2) is 19.4. The first kappa shape index (κ1) is 30.9. The lowest BCUT2D eigenvalue weighted by atomic mass is 9.82. The highest BCUT2D eigenvalue weighted by Crippen LogP contribution is 2.31. The molecule has 0 amide bonds. The van der Waals surface area contributed by atoms with Crippen molar-refractivity contribution < 1.29 is 38.1 Å². The van der Waals surface area contributed by atoms with Gasteiger partial charge in [-0.2, -0.15) is 0 Å². The van der Waals surface area contributed by atoms with Crippen LogP contribution in [0.1, 0.15) is 103 Å². The first-order valence-electron chi connectivity index (χ1n) is 12.2. The third-order valence-electron chi connectivity index (χ3n) is 6.01. The van der Waals surface area contributed by atoms with Crippen LogP contribution in [0.4, 0.5) is 0 Å². The Morgan fingerprint density at radius 1 is 0.455 bits per heavy atom. The Bertz CT molecular complexity index is 532. The standard InChI is InChI=1S/C25H44O8/c1-30-21(26)19-17-15-13-11-9-7-5-6-8-10-12-14-16-18-20-25(22(27)31-2,23(28)32-3)24(29)33-4/h5-20H2,1-4H3. The molecule has 192 valence electrons. The molecule has 0 heterocycles. The van der Waals surface area contributed by atoms with E-state index in [4.69, 9.17) is 14.2 Å². The van der Waals surface area contributed by atoms with Gasteiger partial charge in [0.15, 0.2) is 0 Å². The molecule has 0 aromatic rings. The molecular formula is C25H44O8. The molecule has 8 heteroatoms. The van der Waals surface area contributed by atoms with Crippen LogP contribution >= 0.6 is 0 Å². The first-order chi connectivity index (χ1) is 15.9. The smallest absolute Gasteiger partial charge is 0.334 e. The highest BCUT2D eigenvalue weighted by Gasteiger charge is 2.56. The topological polar surface area (TPSA) is 105 Å². The fraction of sp³-hybridized carbons (Fsp3) is 0.840. The maximum Gasteiger partial charge on any atom is 0.334 e. The summed E-state index contributed by atoms with van der Waals surface area (Å²) in [5.74, 6) is -2.95. The van der Waals surface area contributed by atoms with Gasteiger partial charge < -0.3 is 18.9 Å². The van der Waals surface area contributed by atoms with Crippen LogP contribution in [0.25, 0.3) is 0 Å². The third-order valence-corrected chi connectivity index (χ3v) is 6.01. The summed E-state index contributed by atoms with van der Waals surface area (Å²) >= 11 is 0. The molecule has 0 aliphatic heterocycles. The Hall–Kier alpha value is -2.12. The van der Waals surface area contributed by atoms with Crippen molar-refractivity contribution in [3.8, 4) is 0 Å². The summed E-state index contributed by atoms with van der Waals surface area (Å²) < 4.78 is 18.7. The van der Waals surface area contributed by atoms with Crippen LogP contribution in [0.2, 0.25) is 0 Å². The second-order valence-corrected chi connectivity index (χ2v) is 8.41. The number of rotatable bonds is 20. The molecule has 8 nitrogen and oxygen atoms in total. The number of methoxy groups -OCH3 is 4. The van der Waals surface area contributed by atoms with Gasteiger partial charge in [-0.1, -0.05) is 83.5 Å². The van der Waals surface area contributed by atoms with E-state index < -0.39 is 23.3 Å². The molecule has 0 aliphatic carbocycles. The second-order valence-electron chi connectivity index (χ2n) is 8.41. The van der Waals surface area contributed by atoms with Gasteiger partial charge in [-0.25, -0.2) is 0 Å². The lowest BCUT2D eigenvalue weighted by Gasteiger charge is -2.25. The molecule has 0 radical (unpaired) electrons. The van der Waals surface area contributed by atoms with Gasteiger partial charge in [0.1, 0.15) is 0 Å². The highest BCUT2D eigenvalue weighted by atomic mass is 16.6. The molecule has 0 atom stereocenters. The first-order valence-corrected chi connectivity index (χ1v) is 12.2. The predicted molar refractivity (Wildman–Crippen MR) is 124 cm³/mol. The van der Waals surface area contributed by atoms with Crippen molar-refractivity contribution in [3.63, 3.8) is 0 Å². The third kappa shape index (κ3) is 12.1. The SMILES string of the molecule is COC(=O)CCCCCCCCCCCCCCCCC(C(=O)OC)(C(=O)OC)C(=O)OC. The quantitative estimate of drug-likeness (QED) is 0.107. The summed E-state index contributed by atoms with van der Waals surface area (Å²) in [6, 6.07) is 0. The van der Waals surface area contributed by atoms with E-state index in [0.29, 0.717) is 12.8 Å². The molecule has 33 heavy (non-hydrogen) atoms. The molecule has 0 N–H and O–H groups in total. The average Bonchev–Trinajstić information content (AvgIpc) is 2.84. The van der Waals surface area contributed by atoms with E-state index >= 15 is 0 Å². The molecular weight excluding hydrogens is 428 g/mol. The van der Waals surface area contributed by atoms with Crippen LogP contribution in [0.3, 0.4) is 0 Å². The summed E-state index contributed by atoms with van der Waals surface area (Å²) in [7, 11) is 4.84. The monoisotopic (exact) mass is 472 g/mol. The summed E-state index contributed by atoms with van der Waals surface area (Å²) in [6.45, 7) is 0. The molecule has 0 bridgehead atoms. The Balaban J connectivity index is 3.85. The summed E-state index contributed by atoms with van der Waals surface area (Å²) in [6.07, 6.45) is 15.7. The maximum absolute atomic E-state index is 12.2. The lowest BCUT2D eigenvalue weighted by molar-refractivity contribution is -0.181. The number of carbonyl (C=O) groups excluding carboxylic acids is 4. The normalized spacial score (nSPS) is 11.0. The zero-order valence-corrected chi connectivity index (χ0v) is 21.1. The van der Waals surface area contributed by atoms with Gasteiger partial charge in [0.05, 0.1) is 28.4 Å².